The molecule has 2 aliphatic heterocycles. The second-order valence-corrected chi connectivity index (χ2v) is 5.81. The molecule has 0 radical (unpaired) electrons. The smallest absolute Gasteiger partial charge is 0.241 e. The van der Waals surface area contributed by atoms with Crippen molar-refractivity contribution in [3.8, 4) is 0 Å². The number of hydrogen-bond acceptors (Lipinski definition) is 4. The molecular formula is C13H25N3O2. The Balaban J connectivity index is 2.01. The Morgan fingerprint density at radius 2 is 2.11 bits per heavy atom. The van der Waals surface area contributed by atoms with Crippen LogP contribution in [0.3, 0.4) is 0 Å². The average Bonchev–Trinajstić information content (AvgIpc) is 2.36. The minimum Gasteiger partial charge on any atom is -0.381 e. The first-order valence-electron chi connectivity index (χ1n) is 6.92. The third-order valence-electron chi connectivity index (χ3n) is 4.33. The highest BCUT2D eigenvalue weighted by molar-refractivity contribution is 5.84. The topological polar surface area (TPSA) is 81.6 Å². The number of rotatable bonds is 3. The van der Waals surface area contributed by atoms with Crippen molar-refractivity contribution in [1.82, 2.24) is 4.90 Å². The van der Waals surface area contributed by atoms with Crippen molar-refractivity contribution in [3.05, 3.63) is 0 Å². The van der Waals surface area contributed by atoms with Gasteiger partial charge < -0.3 is 21.1 Å². The molecule has 3 atom stereocenters. The molecule has 0 saturated carbocycles. The number of likely N-dealkylation sites (tertiary alicyclic amines) is 1. The minimum absolute atomic E-state index is 0.0185. The highest BCUT2D eigenvalue weighted by atomic mass is 16.5. The summed E-state index contributed by atoms with van der Waals surface area (Å²) in [4.78, 5) is 14.3. The van der Waals surface area contributed by atoms with Crippen molar-refractivity contribution in [1.29, 1.82) is 0 Å². The number of ether oxygens (including phenoxy) is 1. The van der Waals surface area contributed by atoms with Crippen molar-refractivity contribution in [3.63, 3.8) is 0 Å². The summed E-state index contributed by atoms with van der Waals surface area (Å²) in [5.41, 5.74) is 11.7. The lowest BCUT2D eigenvalue weighted by molar-refractivity contribution is -0.158. The lowest BCUT2D eigenvalue weighted by atomic mass is 9.83. The van der Waals surface area contributed by atoms with Gasteiger partial charge in [-0.2, -0.15) is 0 Å². The molecular weight excluding hydrogens is 230 g/mol. The van der Waals surface area contributed by atoms with Crippen LogP contribution in [0.2, 0.25) is 0 Å². The molecule has 0 aliphatic carbocycles. The summed E-state index contributed by atoms with van der Waals surface area (Å²) in [5, 5.41) is 0. The number of nitrogens with two attached hydrogens (primary N) is 2. The monoisotopic (exact) mass is 255 g/mol. The lowest BCUT2D eigenvalue weighted by Crippen LogP contribution is -2.73. The largest absolute Gasteiger partial charge is 0.381 e. The summed E-state index contributed by atoms with van der Waals surface area (Å²) in [6.07, 6.45) is 3.56. The molecule has 2 aliphatic rings. The van der Waals surface area contributed by atoms with E-state index >= 15 is 0 Å². The summed E-state index contributed by atoms with van der Waals surface area (Å²) < 4.78 is 5.31. The van der Waals surface area contributed by atoms with Crippen molar-refractivity contribution >= 4 is 5.91 Å². The second-order valence-electron chi connectivity index (χ2n) is 5.81. The van der Waals surface area contributed by atoms with E-state index in [0.717, 1.165) is 25.7 Å². The normalized spacial score (nSPS) is 35.1. The fraction of sp³-hybridized carbons (Fsp3) is 0.923. The van der Waals surface area contributed by atoms with Crippen LogP contribution < -0.4 is 11.5 Å². The molecule has 0 aromatic carbocycles. The number of nitrogens with zero attached hydrogens (tertiary/aromatic N) is 1. The van der Waals surface area contributed by atoms with Gasteiger partial charge in [-0.1, -0.05) is 6.92 Å². The van der Waals surface area contributed by atoms with Gasteiger partial charge in [-0.3, -0.25) is 4.79 Å². The second kappa shape index (κ2) is 5.15. The van der Waals surface area contributed by atoms with Crippen LogP contribution >= 0.6 is 0 Å². The average molecular weight is 255 g/mol. The predicted octanol–water partition coefficient (Wildman–Crippen LogP) is 0.426. The van der Waals surface area contributed by atoms with Crippen molar-refractivity contribution in [2.24, 2.45) is 17.4 Å². The van der Waals surface area contributed by atoms with Gasteiger partial charge in [-0.05, 0) is 32.1 Å². The Morgan fingerprint density at radius 3 is 2.61 bits per heavy atom. The van der Waals surface area contributed by atoms with Crippen LogP contribution in [0.5, 0.6) is 0 Å². The first-order chi connectivity index (χ1) is 8.47. The van der Waals surface area contributed by atoms with Gasteiger partial charge in [0.2, 0.25) is 5.91 Å². The summed E-state index contributed by atoms with van der Waals surface area (Å²) in [5.74, 6) is 0.255. The molecule has 0 bridgehead atoms. The zero-order valence-corrected chi connectivity index (χ0v) is 11.4. The fourth-order valence-corrected chi connectivity index (χ4v) is 3.17. The van der Waals surface area contributed by atoms with E-state index in [1.807, 2.05) is 6.92 Å². The third kappa shape index (κ3) is 2.39. The van der Waals surface area contributed by atoms with Gasteiger partial charge in [0.1, 0.15) is 0 Å². The van der Waals surface area contributed by atoms with Gasteiger partial charge in [0.15, 0.2) is 0 Å². The maximum Gasteiger partial charge on any atom is 0.241 e. The maximum atomic E-state index is 12.5. The Bertz CT molecular complexity index is 313. The first kappa shape index (κ1) is 13.8. The Labute approximate surface area is 109 Å². The van der Waals surface area contributed by atoms with E-state index in [1.165, 1.54) is 0 Å². The van der Waals surface area contributed by atoms with Gasteiger partial charge in [0, 0.05) is 25.7 Å². The number of carbonyl (C=O) groups excluding carboxylic acids is 1. The van der Waals surface area contributed by atoms with E-state index in [1.54, 1.807) is 4.90 Å². The molecule has 2 saturated heterocycles. The maximum absolute atomic E-state index is 12.5. The van der Waals surface area contributed by atoms with Crippen LogP contribution in [0.25, 0.3) is 0 Å². The standard InChI is InChI=1S/C13H25N3O2/c1-3-10-8-13(2,15)16(10)12(17)11(14)9-4-6-18-7-5-9/h9-11H,3-8,14-15H2,1-2H3. The Kier molecular flexibility index (Phi) is 3.94. The molecule has 5 nitrogen and oxygen atoms in total. The number of amides is 1. The summed E-state index contributed by atoms with van der Waals surface area (Å²) >= 11 is 0. The molecule has 0 spiro atoms. The minimum atomic E-state index is -0.513. The zero-order valence-electron chi connectivity index (χ0n) is 11.4. The number of carbonyl (C=O) groups is 1. The van der Waals surface area contributed by atoms with Crippen LogP contribution in [-0.4, -0.2) is 41.8 Å². The molecule has 0 aromatic rings. The molecule has 5 heteroatoms. The van der Waals surface area contributed by atoms with Gasteiger partial charge in [-0.25, -0.2) is 0 Å². The van der Waals surface area contributed by atoms with E-state index in [2.05, 4.69) is 6.92 Å². The zero-order chi connectivity index (χ0) is 13.3. The fourth-order valence-electron chi connectivity index (χ4n) is 3.17. The first-order valence-corrected chi connectivity index (χ1v) is 6.92. The molecule has 3 unspecified atom stereocenters. The molecule has 0 aromatic heterocycles. The summed E-state index contributed by atoms with van der Waals surface area (Å²) in [7, 11) is 0. The molecule has 1 amide bonds. The van der Waals surface area contributed by atoms with Crippen LogP contribution in [0.4, 0.5) is 0 Å². The highest BCUT2D eigenvalue weighted by Crippen LogP contribution is 2.35. The molecule has 104 valence electrons. The summed E-state index contributed by atoms with van der Waals surface area (Å²) in [6, 6.07) is -0.162. The van der Waals surface area contributed by atoms with Crippen LogP contribution in [0.15, 0.2) is 0 Å². The van der Waals surface area contributed by atoms with Gasteiger partial charge in [0.05, 0.1) is 11.7 Å². The molecule has 2 fully saturated rings. The highest BCUT2D eigenvalue weighted by Gasteiger charge is 2.49. The van der Waals surface area contributed by atoms with Gasteiger partial charge >= 0.3 is 0 Å². The third-order valence-corrected chi connectivity index (χ3v) is 4.33. The quantitative estimate of drug-likeness (QED) is 0.766. The number of hydrogen-bond donors (Lipinski definition) is 2. The van der Waals surface area contributed by atoms with E-state index in [-0.39, 0.29) is 17.9 Å². The predicted molar refractivity (Wildman–Crippen MR) is 69.7 cm³/mol. The van der Waals surface area contributed by atoms with Crippen LogP contribution in [-0.2, 0) is 9.53 Å². The van der Waals surface area contributed by atoms with Gasteiger partial charge in [-0.15, -0.1) is 0 Å². The Hall–Kier alpha value is -0.650. The van der Waals surface area contributed by atoms with E-state index < -0.39 is 11.7 Å². The van der Waals surface area contributed by atoms with E-state index in [0.29, 0.717) is 13.2 Å². The Morgan fingerprint density at radius 1 is 1.50 bits per heavy atom. The molecule has 18 heavy (non-hydrogen) atoms. The van der Waals surface area contributed by atoms with Crippen LogP contribution in [0, 0.1) is 5.92 Å². The molecule has 2 rings (SSSR count). The van der Waals surface area contributed by atoms with E-state index in [9.17, 15) is 4.79 Å². The van der Waals surface area contributed by atoms with Crippen molar-refractivity contribution in [2.75, 3.05) is 13.2 Å². The van der Waals surface area contributed by atoms with Crippen molar-refractivity contribution < 1.29 is 9.53 Å². The molecule has 2 heterocycles. The van der Waals surface area contributed by atoms with Crippen LogP contribution in [0.1, 0.15) is 39.5 Å². The van der Waals surface area contributed by atoms with E-state index in [4.69, 9.17) is 16.2 Å². The lowest BCUT2D eigenvalue weighted by Gasteiger charge is -2.55. The molecule has 4 N–H and O–H groups in total. The van der Waals surface area contributed by atoms with Gasteiger partial charge in [0.25, 0.3) is 0 Å². The SMILES string of the molecule is CCC1CC(C)(N)N1C(=O)C(N)C1CCOCC1. The summed E-state index contributed by atoms with van der Waals surface area (Å²) in [6.45, 7) is 5.42. The van der Waals surface area contributed by atoms with Crippen molar-refractivity contribution in [2.45, 2.75) is 57.3 Å².